The molecule has 0 amide bonds. The second-order valence-corrected chi connectivity index (χ2v) is 5.12. The summed E-state index contributed by atoms with van der Waals surface area (Å²) in [5, 5.41) is 12.2. The number of hydrogen-bond donors (Lipinski definition) is 2. The van der Waals surface area contributed by atoms with Crippen LogP contribution in [0.15, 0.2) is 29.5 Å². The zero-order valence-electron chi connectivity index (χ0n) is 11.8. The average Bonchev–Trinajstić information content (AvgIpc) is 2.46. The maximum absolute atomic E-state index is 13.8. The molecule has 108 valence electrons. The molecule has 1 aromatic carbocycles. The van der Waals surface area contributed by atoms with Crippen LogP contribution in [0.3, 0.4) is 0 Å². The van der Waals surface area contributed by atoms with Crippen LogP contribution < -0.4 is 5.32 Å². The summed E-state index contributed by atoms with van der Waals surface area (Å²) in [7, 11) is 0. The Morgan fingerprint density at radius 3 is 2.55 bits per heavy atom. The zero-order valence-corrected chi connectivity index (χ0v) is 11.8. The van der Waals surface area contributed by atoms with Crippen LogP contribution in [-0.2, 0) is 6.54 Å². The maximum Gasteiger partial charge on any atom is 0.164 e. The molecular formula is C16H19F2NO. The van der Waals surface area contributed by atoms with Crippen molar-refractivity contribution in [3.63, 3.8) is 0 Å². The number of nitrogens with one attached hydrogen (secondary N) is 1. The molecule has 0 radical (unpaired) electrons. The lowest BCUT2D eigenvalue weighted by molar-refractivity contribution is 0.325. The van der Waals surface area contributed by atoms with E-state index in [0.29, 0.717) is 5.56 Å². The Morgan fingerprint density at radius 1 is 1.20 bits per heavy atom. The average molecular weight is 279 g/mol. The van der Waals surface area contributed by atoms with E-state index >= 15 is 0 Å². The number of hydrogen-bond acceptors (Lipinski definition) is 2. The molecule has 20 heavy (non-hydrogen) atoms. The number of allylic oxidation sites excluding steroid dienone is 3. The van der Waals surface area contributed by atoms with Crippen LogP contribution >= 0.6 is 0 Å². The van der Waals surface area contributed by atoms with E-state index in [1.165, 1.54) is 6.07 Å². The van der Waals surface area contributed by atoms with Gasteiger partial charge in [-0.2, -0.15) is 0 Å². The van der Waals surface area contributed by atoms with Crippen LogP contribution in [0.25, 0.3) is 0 Å². The molecule has 0 saturated heterocycles. The van der Waals surface area contributed by atoms with Crippen molar-refractivity contribution in [1.29, 1.82) is 0 Å². The number of aliphatic hydroxyl groups excluding tert-OH is 1. The first-order valence-corrected chi connectivity index (χ1v) is 6.70. The second kappa shape index (κ2) is 6.18. The van der Waals surface area contributed by atoms with E-state index in [1.54, 1.807) is 13.8 Å². The third kappa shape index (κ3) is 3.07. The molecule has 0 unspecified atom stereocenters. The Kier molecular flexibility index (Phi) is 4.55. The van der Waals surface area contributed by atoms with E-state index < -0.39 is 11.6 Å². The minimum atomic E-state index is -0.801. The summed E-state index contributed by atoms with van der Waals surface area (Å²) < 4.78 is 27.3. The zero-order chi connectivity index (χ0) is 14.7. The van der Waals surface area contributed by atoms with Crippen LogP contribution in [0.5, 0.6) is 0 Å². The quantitative estimate of drug-likeness (QED) is 0.886. The third-order valence-corrected chi connectivity index (χ3v) is 3.79. The Morgan fingerprint density at radius 2 is 1.95 bits per heavy atom. The number of benzene rings is 1. The fourth-order valence-electron chi connectivity index (χ4n) is 2.28. The molecule has 0 heterocycles. The van der Waals surface area contributed by atoms with Gasteiger partial charge in [0.2, 0.25) is 0 Å². The maximum atomic E-state index is 13.8. The third-order valence-electron chi connectivity index (χ3n) is 3.79. The fraction of sp³-hybridized carbons (Fsp3) is 0.375. The number of aliphatic hydroxyl groups is 1. The first-order valence-electron chi connectivity index (χ1n) is 6.70. The summed E-state index contributed by atoms with van der Waals surface area (Å²) in [6.45, 7) is 3.91. The molecule has 2 nitrogen and oxygen atoms in total. The number of aryl methyl sites for hydroxylation is 1. The molecule has 0 saturated carbocycles. The molecule has 2 rings (SSSR count). The Hall–Kier alpha value is -1.68. The van der Waals surface area contributed by atoms with Gasteiger partial charge in [0.25, 0.3) is 0 Å². The highest BCUT2D eigenvalue weighted by Gasteiger charge is 2.14. The van der Waals surface area contributed by atoms with E-state index in [0.717, 1.165) is 35.2 Å². The Bertz CT molecular complexity index is 550. The molecule has 0 atom stereocenters. The van der Waals surface area contributed by atoms with Crippen molar-refractivity contribution in [3.05, 3.63) is 57.8 Å². The van der Waals surface area contributed by atoms with Crippen LogP contribution in [0, 0.1) is 25.5 Å². The van der Waals surface area contributed by atoms with E-state index in [1.807, 2.05) is 12.2 Å². The van der Waals surface area contributed by atoms with Crippen molar-refractivity contribution in [3.8, 4) is 0 Å². The van der Waals surface area contributed by atoms with Gasteiger partial charge in [0.15, 0.2) is 11.6 Å². The predicted octanol–water partition coefficient (Wildman–Crippen LogP) is 3.27. The fourth-order valence-corrected chi connectivity index (χ4v) is 2.28. The van der Waals surface area contributed by atoms with Gasteiger partial charge in [-0.3, -0.25) is 0 Å². The van der Waals surface area contributed by atoms with Crippen molar-refractivity contribution in [2.24, 2.45) is 0 Å². The summed E-state index contributed by atoms with van der Waals surface area (Å²) >= 11 is 0. The predicted molar refractivity (Wildman–Crippen MR) is 75.2 cm³/mol. The van der Waals surface area contributed by atoms with Gasteiger partial charge in [-0.1, -0.05) is 6.08 Å². The highest BCUT2D eigenvalue weighted by atomic mass is 19.2. The molecule has 0 bridgehead atoms. The van der Waals surface area contributed by atoms with E-state index in [9.17, 15) is 8.78 Å². The summed E-state index contributed by atoms with van der Waals surface area (Å²) in [4.78, 5) is 0. The van der Waals surface area contributed by atoms with Crippen molar-refractivity contribution in [2.75, 3.05) is 6.61 Å². The van der Waals surface area contributed by atoms with Crippen molar-refractivity contribution >= 4 is 0 Å². The van der Waals surface area contributed by atoms with E-state index in [-0.39, 0.29) is 13.2 Å². The van der Waals surface area contributed by atoms with Gasteiger partial charge in [0.1, 0.15) is 0 Å². The number of halogens is 2. The summed E-state index contributed by atoms with van der Waals surface area (Å²) in [5.74, 6) is -1.58. The van der Waals surface area contributed by atoms with Crippen molar-refractivity contribution in [1.82, 2.24) is 5.32 Å². The van der Waals surface area contributed by atoms with Crippen LogP contribution in [0.1, 0.15) is 29.5 Å². The highest BCUT2D eigenvalue weighted by Crippen LogP contribution is 2.22. The van der Waals surface area contributed by atoms with Gasteiger partial charge >= 0.3 is 0 Å². The molecule has 0 aromatic heterocycles. The van der Waals surface area contributed by atoms with Gasteiger partial charge in [0, 0.05) is 17.8 Å². The topological polar surface area (TPSA) is 32.3 Å². The summed E-state index contributed by atoms with van der Waals surface area (Å²) in [5.41, 5.74) is 3.86. The van der Waals surface area contributed by atoms with Crippen molar-refractivity contribution < 1.29 is 13.9 Å². The normalized spacial score (nSPS) is 14.8. The smallest absolute Gasteiger partial charge is 0.164 e. The second-order valence-electron chi connectivity index (χ2n) is 5.12. The molecule has 1 aromatic rings. The van der Waals surface area contributed by atoms with Crippen LogP contribution in [0.2, 0.25) is 0 Å². The summed E-state index contributed by atoms with van der Waals surface area (Å²) in [6.07, 6.45) is 5.32. The summed E-state index contributed by atoms with van der Waals surface area (Å²) in [6, 6.07) is 1.23. The molecule has 0 fully saturated rings. The molecule has 0 spiro atoms. The van der Waals surface area contributed by atoms with E-state index in [4.69, 9.17) is 5.11 Å². The standard InChI is InChI=1S/C16H19F2NO/c1-10-7-15(17)16(18)14(11(10)2)8-19-13-5-3-12(9-20)4-6-13/h3,5,7,19-20H,4,6,8-9H2,1-2H3. The SMILES string of the molecule is Cc1cc(F)c(F)c(CNC2=CC=C(CO)CC2)c1C. The van der Waals surface area contributed by atoms with E-state index in [2.05, 4.69) is 5.32 Å². The lowest BCUT2D eigenvalue weighted by Gasteiger charge is -2.17. The molecular weight excluding hydrogens is 260 g/mol. The van der Waals surface area contributed by atoms with Gasteiger partial charge < -0.3 is 10.4 Å². The van der Waals surface area contributed by atoms with Gasteiger partial charge in [-0.25, -0.2) is 8.78 Å². The molecule has 1 aliphatic carbocycles. The number of rotatable bonds is 4. The molecule has 4 heteroatoms. The van der Waals surface area contributed by atoms with Crippen molar-refractivity contribution in [2.45, 2.75) is 33.2 Å². The Balaban J connectivity index is 2.13. The van der Waals surface area contributed by atoms with Crippen LogP contribution in [-0.4, -0.2) is 11.7 Å². The van der Waals surface area contributed by atoms with Crippen LogP contribution in [0.4, 0.5) is 8.78 Å². The highest BCUT2D eigenvalue weighted by molar-refractivity contribution is 5.36. The van der Waals surface area contributed by atoms with Gasteiger partial charge in [-0.05, 0) is 55.5 Å². The van der Waals surface area contributed by atoms with Gasteiger partial charge in [0.05, 0.1) is 6.61 Å². The molecule has 0 aliphatic heterocycles. The molecule has 1 aliphatic rings. The minimum absolute atomic E-state index is 0.0700. The molecule has 2 N–H and O–H groups in total. The monoisotopic (exact) mass is 279 g/mol. The first kappa shape index (κ1) is 14.7. The lowest BCUT2D eigenvalue weighted by atomic mass is 10.0. The first-order chi connectivity index (χ1) is 9.52. The van der Waals surface area contributed by atoms with Gasteiger partial charge in [-0.15, -0.1) is 0 Å². The Labute approximate surface area is 117 Å². The lowest BCUT2D eigenvalue weighted by Crippen LogP contribution is -2.17. The largest absolute Gasteiger partial charge is 0.392 e. The minimum Gasteiger partial charge on any atom is -0.392 e.